The maximum absolute atomic E-state index is 12.6. The lowest BCUT2D eigenvalue weighted by atomic mass is 9.96. The van der Waals surface area contributed by atoms with Crippen LogP contribution in [0.4, 0.5) is 0 Å². The number of carboxylic acids is 1. The van der Waals surface area contributed by atoms with Crippen LogP contribution in [0, 0.1) is 5.92 Å². The average Bonchev–Trinajstić information content (AvgIpc) is 3.21. The van der Waals surface area contributed by atoms with Crippen LogP contribution >= 0.6 is 0 Å². The van der Waals surface area contributed by atoms with Crippen LogP contribution in [0.15, 0.2) is 0 Å². The van der Waals surface area contributed by atoms with Crippen molar-refractivity contribution >= 4 is 16.2 Å². The van der Waals surface area contributed by atoms with Gasteiger partial charge in [-0.2, -0.15) is 17.0 Å². The van der Waals surface area contributed by atoms with Gasteiger partial charge in [-0.15, -0.1) is 0 Å². The van der Waals surface area contributed by atoms with Crippen molar-refractivity contribution in [2.24, 2.45) is 5.92 Å². The van der Waals surface area contributed by atoms with Gasteiger partial charge in [-0.25, -0.2) is 0 Å². The molecule has 2 saturated carbocycles. The number of carbonyl (C=O) groups is 1. The molecule has 0 aliphatic heterocycles. The van der Waals surface area contributed by atoms with E-state index in [1.807, 2.05) is 0 Å². The number of carboxylic acid groups (broad SMARTS) is 1. The van der Waals surface area contributed by atoms with Crippen LogP contribution in [0.1, 0.15) is 44.9 Å². The van der Waals surface area contributed by atoms with Gasteiger partial charge in [-0.05, 0) is 31.6 Å². The number of nitrogens with zero attached hydrogens (tertiary/aromatic N) is 2. The zero-order chi connectivity index (χ0) is 14.8. The molecule has 0 aromatic carbocycles. The van der Waals surface area contributed by atoms with E-state index in [9.17, 15) is 13.2 Å². The summed E-state index contributed by atoms with van der Waals surface area (Å²) < 4.78 is 27.8. The minimum Gasteiger partial charge on any atom is -0.480 e. The molecule has 2 aliphatic rings. The topological polar surface area (TPSA) is 77.9 Å². The second-order valence-corrected chi connectivity index (χ2v) is 7.93. The standard InChI is InChI=1S/C13H24N2O4S/c1-14(12-5-3-2-4-6-12)20(18,19)15(10-13(16)17)9-11-7-8-11/h11-12H,2-10H2,1H3,(H,16,17). The monoisotopic (exact) mass is 304 g/mol. The molecule has 2 rings (SSSR count). The number of hydrogen-bond donors (Lipinski definition) is 1. The summed E-state index contributed by atoms with van der Waals surface area (Å²) in [6, 6.07) is 0.0178. The van der Waals surface area contributed by atoms with Crippen LogP contribution in [0.25, 0.3) is 0 Å². The Labute approximate surface area is 120 Å². The van der Waals surface area contributed by atoms with Crippen molar-refractivity contribution in [3.05, 3.63) is 0 Å². The van der Waals surface area contributed by atoms with Crippen LogP contribution in [0.3, 0.4) is 0 Å². The molecule has 7 heteroatoms. The lowest BCUT2D eigenvalue weighted by Gasteiger charge is -2.34. The molecule has 0 spiro atoms. The van der Waals surface area contributed by atoms with Gasteiger partial charge in [0, 0.05) is 19.6 Å². The molecule has 0 aromatic heterocycles. The van der Waals surface area contributed by atoms with E-state index in [1.165, 1.54) is 4.31 Å². The van der Waals surface area contributed by atoms with Crippen molar-refractivity contribution in [2.45, 2.75) is 51.0 Å². The van der Waals surface area contributed by atoms with E-state index in [0.717, 1.165) is 49.3 Å². The summed E-state index contributed by atoms with van der Waals surface area (Å²) in [5.74, 6) is -0.754. The number of rotatable bonds is 7. The van der Waals surface area contributed by atoms with E-state index in [1.54, 1.807) is 7.05 Å². The van der Waals surface area contributed by atoms with E-state index in [4.69, 9.17) is 5.11 Å². The Morgan fingerprint density at radius 1 is 1.15 bits per heavy atom. The van der Waals surface area contributed by atoms with Gasteiger partial charge in [0.05, 0.1) is 0 Å². The highest BCUT2D eigenvalue weighted by molar-refractivity contribution is 7.86. The second-order valence-electron chi connectivity index (χ2n) is 5.95. The van der Waals surface area contributed by atoms with E-state index in [2.05, 4.69) is 0 Å². The first kappa shape index (κ1) is 15.7. The third-order valence-corrected chi connectivity index (χ3v) is 6.21. The summed E-state index contributed by atoms with van der Waals surface area (Å²) in [4.78, 5) is 10.9. The number of hydrogen-bond acceptors (Lipinski definition) is 3. The molecule has 6 nitrogen and oxygen atoms in total. The van der Waals surface area contributed by atoms with Crippen LogP contribution in [0.2, 0.25) is 0 Å². The first-order chi connectivity index (χ1) is 9.41. The fourth-order valence-electron chi connectivity index (χ4n) is 2.79. The lowest BCUT2D eigenvalue weighted by Crippen LogP contribution is -2.49. The van der Waals surface area contributed by atoms with Crippen LogP contribution in [-0.2, 0) is 15.0 Å². The highest BCUT2D eigenvalue weighted by atomic mass is 32.2. The highest BCUT2D eigenvalue weighted by Gasteiger charge is 2.37. The minimum absolute atomic E-state index is 0.0178. The smallest absolute Gasteiger partial charge is 0.318 e. The molecule has 0 radical (unpaired) electrons. The van der Waals surface area contributed by atoms with Crippen LogP contribution in [0.5, 0.6) is 0 Å². The molecule has 1 N–H and O–H groups in total. The van der Waals surface area contributed by atoms with E-state index in [0.29, 0.717) is 12.5 Å². The van der Waals surface area contributed by atoms with Crippen LogP contribution in [-0.4, -0.2) is 54.3 Å². The number of aliphatic carboxylic acids is 1. The van der Waals surface area contributed by atoms with Crippen molar-refractivity contribution in [1.82, 2.24) is 8.61 Å². The molecular weight excluding hydrogens is 280 g/mol. The van der Waals surface area contributed by atoms with Gasteiger partial charge in [-0.1, -0.05) is 19.3 Å². The molecule has 0 saturated heterocycles. The molecule has 0 unspecified atom stereocenters. The highest BCUT2D eigenvalue weighted by Crippen LogP contribution is 2.32. The van der Waals surface area contributed by atoms with Crippen molar-refractivity contribution in [2.75, 3.05) is 20.1 Å². The summed E-state index contributed by atoms with van der Waals surface area (Å²) in [6.45, 7) is -0.0956. The zero-order valence-electron chi connectivity index (χ0n) is 12.0. The molecule has 2 aliphatic carbocycles. The molecule has 0 amide bonds. The Morgan fingerprint density at radius 2 is 1.75 bits per heavy atom. The molecule has 0 bridgehead atoms. The van der Waals surface area contributed by atoms with Crippen molar-refractivity contribution in [1.29, 1.82) is 0 Å². The third kappa shape index (κ3) is 3.93. The van der Waals surface area contributed by atoms with Gasteiger partial charge in [0.25, 0.3) is 10.2 Å². The second kappa shape index (κ2) is 6.41. The third-order valence-electron chi connectivity index (χ3n) is 4.25. The van der Waals surface area contributed by atoms with Gasteiger partial charge in [0.15, 0.2) is 0 Å². The Hall–Kier alpha value is -0.660. The SMILES string of the molecule is CN(C1CCCCC1)S(=O)(=O)N(CC(=O)O)CC1CC1. The Kier molecular flexibility index (Phi) is 5.04. The first-order valence-corrected chi connectivity index (χ1v) is 8.76. The van der Waals surface area contributed by atoms with Gasteiger partial charge in [-0.3, -0.25) is 4.79 Å². The van der Waals surface area contributed by atoms with E-state index >= 15 is 0 Å². The molecular formula is C13H24N2O4S. The van der Waals surface area contributed by atoms with Gasteiger partial charge >= 0.3 is 5.97 Å². The molecule has 0 heterocycles. The van der Waals surface area contributed by atoms with Crippen LogP contribution < -0.4 is 0 Å². The minimum atomic E-state index is -3.67. The molecule has 0 aromatic rings. The molecule has 116 valence electrons. The normalized spacial score (nSPS) is 21.6. The maximum atomic E-state index is 12.6. The predicted octanol–water partition coefficient (Wildman–Crippen LogP) is 1.29. The van der Waals surface area contributed by atoms with Crippen molar-refractivity contribution in [3.8, 4) is 0 Å². The summed E-state index contributed by atoms with van der Waals surface area (Å²) in [5.41, 5.74) is 0. The summed E-state index contributed by atoms with van der Waals surface area (Å²) in [5, 5.41) is 8.95. The van der Waals surface area contributed by atoms with E-state index in [-0.39, 0.29) is 6.04 Å². The predicted molar refractivity (Wildman–Crippen MR) is 75.5 cm³/mol. The summed E-state index contributed by atoms with van der Waals surface area (Å²) >= 11 is 0. The summed E-state index contributed by atoms with van der Waals surface area (Å²) in [7, 11) is -2.07. The van der Waals surface area contributed by atoms with Crippen molar-refractivity contribution in [3.63, 3.8) is 0 Å². The fourth-order valence-corrected chi connectivity index (χ4v) is 4.42. The molecule has 0 atom stereocenters. The largest absolute Gasteiger partial charge is 0.480 e. The Morgan fingerprint density at radius 3 is 2.25 bits per heavy atom. The Balaban J connectivity index is 2.08. The molecule has 2 fully saturated rings. The van der Waals surface area contributed by atoms with Gasteiger partial charge < -0.3 is 5.11 Å². The quantitative estimate of drug-likeness (QED) is 0.769. The fraction of sp³-hybridized carbons (Fsp3) is 0.923. The average molecular weight is 304 g/mol. The molecule has 20 heavy (non-hydrogen) atoms. The Bertz CT molecular complexity index is 441. The van der Waals surface area contributed by atoms with Crippen molar-refractivity contribution < 1.29 is 18.3 Å². The van der Waals surface area contributed by atoms with Gasteiger partial charge in [0.2, 0.25) is 0 Å². The maximum Gasteiger partial charge on any atom is 0.318 e. The summed E-state index contributed by atoms with van der Waals surface area (Å²) in [6.07, 6.45) is 7.00. The van der Waals surface area contributed by atoms with E-state index < -0.39 is 22.7 Å². The zero-order valence-corrected chi connectivity index (χ0v) is 12.8. The van der Waals surface area contributed by atoms with Gasteiger partial charge in [0.1, 0.15) is 6.54 Å². The lowest BCUT2D eigenvalue weighted by molar-refractivity contribution is -0.137. The first-order valence-electron chi connectivity index (χ1n) is 7.36.